The molecule has 2 N–H and O–H groups in total. The van der Waals surface area contributed by atoms with E-state index in [1.807, 2.05) is 6.92 Å². The second-order valence-corrected chi connectivity index (χ2v) is 8.43. The van der Waals surface area contributed by atoms with Gasteiger partial charge in [-0.2, -0.15) is 4.31 Å². The van der Waals surface area contributed by atoms with Gasteiger partial charge in [-0.3, -0.25) is 0 Å². The van der Waals surface area contributed by atoms with Crippen LogP contribution in [0.2, 0.25) is 5.02 Å². The summed E-state index contributed by atoms with van der Waals surface area (Å²) in [5.41, 5.74) is 5.91. The quantitative estimate of drug-likeness (QED) is 0.875. The lowest BCUT2D eigenvalue weighted by molar-refractivity contribution is 0.243. The summed E-state index contributed by atoms with van der Waals surface area (Å²) in [5, 5.41) is 0.238. The Morgan fingerprint density at radius 3 is 2.80 bits per heavy atom. The summed E-state index contributed by atoms with van der Waals surface area (Å²) >= 11 is 9.35. The fourth-order valence-corrected chi connectivity index (χ4v) is 4.99. The van der Waals surface area contributed by atoms with Crippen LogP contribution >= 0.6 is 27.5 Å². The molecule has 1 aromatic carbocycles. The molecule has 0 saturated carbocycles. The molecular weight excluding hydrogens is 364 g/mol. The highest BCUT2D eigenvalue weighted by atomic mass is 79.9. The molecule has 0 aromatic heterocycles. The Morgan fingerprint density at radius 1 is 1.50 bits per heavy atom. The minimum Gasteiger partial charge on any atom is -0.328 e. The molecule has 1 heterocycles. The minimum atomic E-state index is -3.55. The number of hydrogen-bond donors (Lipinski definition) is 1. The molecule has 20 heavy (non-hydrogen) atoms. The molecule has 1 aliphatic heterocycles. The predicted octanol–water partition coefficient (Wildman–Crippen LogP) is 2.85. The summed E-state index contributed by atoms with van der Waals surface area (Å²) in [4.78, 5) is 0.160. The highest BCUT2D eigenvalue weighted by Gasteiger charge is 2.32. The van der Waals surface area contributed by atoms with Crippen molar-refractivity contribution in [1.29, 1.82) is 0 Å². The Hall–Kier alpha value is -0.140. The van der Waals surface area contributed by atoms with E-state index in [-0.39, 0.29) is 21.9 Å². The van der Waals surface area contributed by atoms with E-state index in [2.05, 4.69) is 15.9 Å². The Labute approximate surface area is 133 Å². The van der Waals surface area contributed by atoms with Crippen LogP contribution in [0.15, 0.2) is 27.6 Å². The number of nitrogens with zero attached hydrogens (tertiary/aromatic N) is 1. The molecule has 0 bridgehead atoms. The van der Waals surface area contributed by atoms with Crippen molar-refractivity contribution in [3.05, 3.63) is 27.7 Å². The van der Waals surface area contributed by atoms with E-state index in [0.717, 1.165) is 17.3 Å². The lowest BCUT2D eigenvalue weighted by atomic mass is 9.93. The fourth-order valence-electron chi connectivity index (χ4n) is 2.44. The van der Waals surface area contributed by atoms with Gasteiger partial charge in [0.1, 0.15) is 4.90 Å². The molecule has 1 fully saturated rings. The van der Waals surface area contributed by atoms with Crippen molar-refractivity contribution in [2.24, 2.45) is 11.7 Å². The molecule has 1 aliphatic rings. The molecule has 0 amide bonds. The van der Waals surface area contributed by atoms with E-state index in [4.69, 9.17) is 17.3 Å². The lowest BCUT2D eigenvalue weighted by Gasteiger charge is -2.33. The van der Waals surface area contributed by atoms with Crippen LogP contribution in [0.5, 0.6) is 0 Å². The van der Waals surface area contributed by atoms with Crippen molar-refractivity contribution in [3.8, 4) is 0 Å². The maximum Gasteiger partial charge on any atom is 0.244 e. The second-order valence-electron chi connectivity index (χ2n) is 5.20. The minimum absolute atomic E-state index is 0.00612. The van der Waals surface area contributed by atoms with Gasteiger partial charge in [0.15, 0.2) is 0 Å². The zero-order valence-corrected chi connectivity index (χ0v) is 14.4. The van der Waals surface area contributed by atoms with Gasteiger partial charge in [-0.1, -0.05) is 27.5 Å². The van der Waals surface area contributed by atoms with Crippen molar-refractivity contribution >= 4 is 37.6 Å². The van der Waals surface area contributed by atoms with Crippen LogP contribution in [0.25, 0.3) is 0 Å². The first-order chi connectivity index (χ1) is 9.32. The lowest BCUT2D eigenvalue weighted by Crippen LogP contribution is -2.45. The SMILES string of the molecule is C[C@@H](N)[C@@H]1CCCN(S(=O)(=O)c2ccc(Br)cc2Cl)C1. The van der Waals surface area contributed by atoms with Gasteiger partial charge in [0, 0.05) is 23.6 Å². The van der Waals surface area contributed by atoms with Crippen LogP contribution in [0.4, 0.5) is 0 Å². The van der Waals surface area contributed by atoms with Gasteiger partial charge in [-0.15, -0.1) is 0 Å². The van der Waals surface area contributed by atoms with E-state index in [9.17, 15) is 8.42 Å². The molecule has 1 saturated heterocycles. The third kappa shape index (κ3) is 3.36. The zero-order chi connectivity index (χ0) is 14.9. The predicted molar refractivity (Wildman–Crippen MR) is 84.3 cm³/mol. The van der Waals surface area contributed by atoms with Gasteiger partial charge in [0.05, 0.1) is 5.02 Å². The van der Waals surface area contributed by atoms with Crippen LogP contribution in [0, 0.1) is 5.92 Å². The Morgan fingerprint density at radius 2 is 2.20 bits per heavy atom. The first-order valence-electron chi connectivity index (χ1n) is 6.53. The van der Waals surface area contributed by atoms with Crippen molar-refractivity contribution in [2.45, 2.75) is 30.7 Å². The number of hydrogen-bond acceptors (Lipinski definition) is 3. The Balaban J connectivity index is 2.30. The highest BCUT2D eigenvalue weighted by molar-refractivity contribution is 9.10. The standard InChI is InChI=1S/C13H18BrClN2O2S/c1-9(16)10-3-2-6-17(8-10)20(18,19)13-5-4-11(14)7-12(13)15/h4-5,7,9-10H,2-3,6,8,16H2,1H3/t9-,10-/m1/s1. The van der Waals surface area contributed by atoms with Crippen LogP contribution in [-0.4, -0.2) is 31.9 Å². The molecule has 2 atom stereocenters. The van der Waals surface area contributed by atoms with Gasteiger partial charge in [-0.25, -0.2) is 8.42 Å². The zero-order valence-electron chi connectivity index (χ0n) is 11.2. The summed E-state index contributed by atoms with van der Waals surface area (Å²) in [5.74, 6) is 0.202. The van der Waals surface area contributed by atoms with Crippen LogP contribution < -0.4 is 5.73 Å². The van der Waals surface area contributed by atoms with E-state index >= 15 is 0 Å². The summed E-state index contributed by atoms with van der Waals surface area (Å²) in [6, 6.07) is 4.82. The molecule has 7 heteroatoms. The number of sulfonamides is 1. The van der Waals surface area contributed by atoms with E-state index in [0.29, 0.717) is 13.1 Å². The van der Waals surface area contributed by atoms with Crippen LogP contribution in [0.1, 0.15) is 19.8 Å². The largest absolute Gasteiger partial charge is 0.328 e. The highest BCUT2D eigenvalue weighted by Crippen LogP contribution is 2.30. The van der Waals surface area contributed by atoms with Gasteiger partial charge >= 0.3 is 0 Å². The summed E-state index contributed by atoms with van der Waals surface area (Å²) < 4.78 is 27.6. The molecule has 1 aromatic rings. The molecule has 0 aliphatic carbocycles. The van der Waals surface area contributed by atoms with Crippen LogP contribution in [-0.2, 0) is 10.0 Å². The maximum atomic E-state index is 12.7. The van der Waals surface area contributed by atoms with Crippen molar-refractivity contribution in [3.63, 3.8) is 0 Å². The van der Waals surface area contributed by atoms with Gasteiger partial charge in [0.2, 0.25) is 10.0 Å². The van der Waals surface area contributed by atoms with Gasteiger partial charge in [0.25, 0.3) is 0 Å². The number of rotatable bonds is 3. The van der Waals surface area contributed by atoms with E-state index in [1.165, 1.54) is 10.4 Å². The third-order valence-corrected chi connectivity index (χ3v) is 6.52. The molecule has 2 rings (SSSR count). The number of halogens is 2. The summed E-state index contributed by atoms with van der Waals surface area (Å²) in [6.45, 7) is 2.91. The monoisotopic (exact) mass is 380 g/mol. The number of benzene rings is 1. The third-order valence-electron chi connectivity index (χ3n) is 3.68. The smallest absolute Gasteiger partial charge is 0.244 e. The first-order valence-corrected chi connectivity index (χ1v) is 9.14. The average Bonchev–Trinajstić information content (AvgIpc) is 2.38. The molecule has 4 nitrogen and oxygen atoms in total. The number of nitrogens with two attached hydrogens (primary N) is 1. The Bertz CT molecular complexity index is 592. The second kappa shape index (κ2) is 6.32. The van der Waals surface area contributed by atoms with Crippen molar-refractivity contribution < 1.29 is 8.42 Å². The first kappa shape index (κ1) is 16.2. The average molecular weight is 382 g/mol. The summed E-state index contributed by atoms with van der Waals surface area (Å²) in [7, 11) is -3.55. The maximum absolute atomic E-state index is 12.7. The van der Waals surface area contributed by atoms with E-state index in [1.54, 1.807) is 12.1 Å². The molecular formula is C13H18BrClN2O2S. The van der Waals surface area contributed by atoms with Crippen LogP contribution in [0.3, 0.4) is 0 Å². The molecule has 0 unspecified atom stereocenters. The molecule has 0 radical (unpaired) electrons. The molecule has 112 valence electrons. The Kier molecular flexibility index (Phi) is 5.13. The topological polar surface area (TPSA) is 63.4 Å². The molecule has 0 spiro atoms. The van der Waals surface area contributed by atoms with Crippen molar-refractivity contribution in [1.82, 2.24) is 4.31 Å². The van der Waals surface area contributed by atoms with Gasteiger partial charge in [-0.05, 0) is 43.9 Å². The van der Waals surface area contributed by atoms with Crippen molar-refractivity contribution in [2.75, 3.05) is 13.1 Å². The van der Waals surface area contributed by atoms with Gasteiger partial charge < -0.3 is 5.73 Å². The summed E-state index contributed by atoms with van der Waals surface area (Å²) in [6.07, 6.45) is 1.80. The normalized spacial score (nSPS) is 22.7. The number of piperidine rings is 1. The fraction of sp³-hybridized carbons (Fsp3) is 0.538. The van der Waals surface area contributed by atoms with E-state index < -0.39 is 10.0 Å².